The number of aromatic nitrogens is 1. The van der Waals surface area contributed by atoms with E-state index in [1.54, 1.807) is 0 Å². The van der Waals surface area contributed by atoms with Gasteiger partial charge < -0.3 is 19.7 Å². The number of para-hydroxylation sites is 1. The van der Waals surface area contributed by atoms with Crippen LogP contribution in [0.1, 0.15) is 17.5 Å². The van der Waals surface area contributed by atoms with Gasteiger partial charge in [0, 0.05) is 30.3 Å². The Hall–Kier alpha value is -1.85. The normalized spacial score (nSPS) is 18.8. The van der Waals surface area contributed by atoms with Gasteiger partial charge in [0.1, 0.15) is 0 Å². The number of aliphatic hydroxyl groups excluding tert-OH is 1. The summed E-state index contributed by atoms with van der Waals surface area (Å²) in [6.45, 7) is 3.82. The average Bonchev–Trinajstić information content (AvgIpc) is 2.93. The summed E-state index contributed by atoms with van der Waals surface area (Å²) in [7, 11) is 0. The summed E-state index contributed by atoms with van der Waals surface area (Å²) in [4.78, 5) is 17.8. The highest BCUT2D eigenvalue weighted by Gasteiger charge is 2.27. The van der Waals surface area contributed by atoms with E-state index in [9.17, 15) is 4.79 Å². The van der Waals surface area contributed by atoms with E-state index in [4.69, 9.17) is 9.84 Å². The maximum absolute atomic E-state index is 12.7. The fraction of sp³-hybridized carbons (Fsp3) is 0.471. The quantitative estimate of drug-likeness (QED) is 0.902. The Morgan fingerprint density at radius 1 is 1.50 bits per heavy atom. The van der Waals surface area contributed by atoms with Gasteiger partial charge in [0.2, 0.25) is 5.91 Å². The van der Waals surface area contributed by atoms with Crippen LogP contribution in [0.2, 0.25) is 0 Å². The number of aromatic amines is 1. The zero-order chi connectivity index (χ0) is 15.5. The number of carbonyl (C=O) groups excluding carboxylic acids is 1. The van der Waals surface area contributed by atoms with Crippen molar-refractivity contribution in [2.45, 2.75) is 25.8 Å². The van der Waals surface area contributed by atoms with Gasteiger partial charge in [0.05, 0.1) is 25.7 Å². The fourth-order valence-corrected chi connectivity index (χ4v) is 3.15. The summed E-state index contributed by atoms with van der Waals surface area (Å²) < 4.78 is 5.43. The predicted molar refractivity (Wildman–Crippen MR) is 84.8 cm³/mol. The summed E-state index contributed by atoms with van der Waals surface area (Å²) >= 11 is 0. The van der Waals surface area contributed by atoms with Crippen LogP contribution in [-0.4, -0.2) is 53.3 Å². The summed E-state index contributed by atoms with van der Waals surface area (Å²) in [5.41, 5.74) is 3.30. The minimum Gasteiger partial charge on any atom is -0.396 e. The van der Waals surface area contributed by atoms with Crippen molar-refractivity contribution in [3.63, 3.8) is 0 Å². The van der Waals surface area contributed by atoms with E-state index < -0.39 is 0 Å². The molecule has 0 radical (unpaired) electrons. The number of nitrogens with one attached hydrogen (secondary N) is 1. The molecule has 3 rings (SSSR count). The van der Waals surface area contributed by atoms with Crippen molar-refractivity contribution in [3.8, 4) is 0 Å². The van der Waals surface area contributed by atoms with E-state index in [0.29, 0.717) is 32.6 Å². The minimum atomic E-state index is -0.0156. The van der Waals surface area contributed by atoms with Crippen molar-refractivity contribution >= 4 is 16.8 Å². The maximum atomic E-state index is 12.7. The lowest BCUT2D eigenvalue weighted by Gasteiger charge is -2.35. The highest BCUT2D eigenvalue weighted by molar-refractivity contribution is 5.90. The summed E-state index contributed by atoms with van der Waals surface area (Å²) in [6, 6.07) is 6.11. The van der Waals surface area contributed by atoms with Crippen LogP contribution in [0.4, 0.5) is 0 Å². The van der Waals surface area contributed by atoms with Crippen LogP contribution in [0.3, 0.4) is 0 Å². The molecule has 1 aromatic heterocycles. The first kappa shape index (κ1) is 15.1. The number of nitrogens with zero attached hydrogens (tertiary/aromatic N) is 1. The van der Waals surface area contributed by atoms with Crippen LogP contribution in [0, 0.1) is 6.92 Å². The number of carbonyl (C=O) groups is 1. The van der Waals surface area contributed by atoms with Gasteiger partial charge in [-0.2, -0.15) is 0 Å². The zero-order valence-electron chi connectivity index (χ0n) is 12.8. The molecule has 1 aromatic carbocycles. The topological polar surface area (TPSA) is 65.6 Å². The van der Waals surface area contributed by atoms with Gasteiger partial charge in [0.25, 0.3) is 0 Å². The van der Waals surface area contributed by atoms with Gasteiger partial charge in [0.15, 0.2) is 0 Å². The van der Waals surface area contributed by atoms with Crippen LogP contribution in [0.5, 0.6) is 0 Å². The van der Waals surface area contributed by atoms with Crippen LogP contribution < -0.4 is 0 Å². The monoisotopic (exact) mass is 302 g/mol. The van der Waals surface area contributed by atoms with Gasteiger partial charge in [-0.25, -0.2) is 0 Å². The molecule has 0 bridgehead atoms. The summed E-state index contributed by atoms with van der Waals surface area (Å²) in [5.74, 6) is 0.101. The van der Waals surface area contributed by atoms with Crippen LogP contribution in [0.25, 0.3) is 10.9 Å². The molecule has 1 fully saturated rings. The van der Waals surface area contributed by atoms with E-state index in [1.165, 1.54) is 5.56 Å². The standard InChI is InChI=1S/C17H22N2O3/c1-12-3-2-4-15-13(10-18-17(12)15)9-16(21)19-6-8-22-11-14(19)5-7-20/h2-4,10,14,18,20H,5-9,11H2,1H3. The van der Waals surface area contributed by atoms with Crippen molar-refractivity contribution in [2.24, 2.45) is 0 Å². The van der Waals surface area contributed by atoms with Crippen molar-refractivity contribution < 1.29 is 14.6 Å². The molecule has 0 spiro atoms. The van der Waals surface area contributed by atoms with Crippen LogP contribution >= 0.6 is 0 Å². The smallest absolute Gasteiger partial charge is 0.227 e. The number of hydrogen-bond acceptors (Lipinski definition) is 3. The maximum Gasteiger partial charge on any atom is 0.227 e. The number of fused-ring (bicyclic) bond motifs is 1. The number of ether oxygens (including phenoxy) is 1. The first-order valence-electron chi connectivity index (χ1n) is 7.74. The van der Waals surface area contributed by atoms with E-state index in [2.05, 4.69) is 18.0 Å². The fourth-order valence-electron chi connectivity index (χ4n) is 3.15. The molecule has 22 heavy (non-hydrogen) atoms. The number of amides is 1. The van der Waals surface area contributed by atoms with Crippen molar-refractivity contribution in [3.05, 3.63) is 35.5 Å². The Morgan fingerprint density at radius 2 is 2.36 bits per heavy atom. The molecule has 1 atom stereocenters. The predicted octanol–water partition coefficient (Wildman–Crippen LogP) is 1.63. The molecule has 0 saturated carbocycles. The van der Waals surface area contributed by atoms with E-state index >= 15 is 0 Å². The molecule has 2 N–H and O–H groups in total. The second kappa shape index (κ2) is 6.50. The SMILES string of the molecule is Cc1cccc2c(CC(=O)N3CCOCC3CCO)c[nH]c12. The molecule has 1 unspecified atom stereocenters. The Balaban J connectivity index is 1.78. The molecular formula is C17H22N2O3. The van der Waals surface area contributed by atoms with E-state index in [-0.39, 0.29) is 18.6 Å². The molecule has 2 aromatic rings. The molecule has 1 aliphatic rings. The number of aryl methyl sites for hydroxylation is 1. The molecule has 1 saturated heterocycles. The van der Waals surface area contributed by atoms with Gasteiger partial charge in [-0.3, -0.25) is 4.79 Å². The number of benzene rings is 1. The largest absolute Gasteiger partial charge is 0.396 e. The van der Waals surface area contributed by atoms with Crippen LogP contribution in [0.15, 0.2) is 24.4 Å². The molecule has 118 valence electrons. The Labute approximate surface area is 129 Å². The minimum absolute atomic E-state index is 0.0156. The molecule has 2 heterocycles. The molecule has 1 aliphatic heterocycles. The second-order valence-corrected chi connectivity index (χ2v) is 5.82. The molecule has 5 heteroatoms. The summed E-state index contributed by atoms with van der Waals surface area (Å²) in [6.07, 6.45) is 2.88. The van der Waals surface area contributed by atoms with Crippen molar-refractivity contribution in [1.82, 2.24) is 9.88 Å². The third-order valence-electron chi connectivity index (χ3n) is 4.36. The highest BCUT2D eigenvalue weighted by Crippen LogP contribution is 2.23. The highest BCUT2D eigenvalue weighted by atomic mass is 16.5. The van der Waals surface area contributed by atoms with Crippen LogP contribution in [-0.2, 0) is 16.0 Å². The third kappa shape index (κ3) is 2.87. The van der Waals surface area contributed by atoms with Gasteiger partial charge in [-0.05, 0) is 24.5 Å². The number of morpholine rings is 1. The third-order valence-corrected chi connectivity index (χ3v) is 4.36. The van der Waals surface area contributed by atoms with Gasteiger partial charge >= 0.3 is 0 Å². The van der Waals surface area contributed by atoms with Gasteiger partial charge in [-0.1, -0.05) is 18.2 Å². The number of rotatable bonds is 4. The Morgan fingerprint density at radius 3 is 3.18 bits per heavy atom. The van der Waals surface area contributed by atoms with E-state index in [1.807, 2.05) is 23.2 Å². The second-order valence-electron chi connectivity index (χ2n) is 5.82. The van der Waals surface area contributed by atoms with Crippen molar-refractivity contribution in [1.29, 1.82) is 0 Å². The zero-order valence-corrected chi connectivity index (χ0v) is 12.8. The first-order valence-corrected chi connectivity index (χ1v) is 7.74. The lowest BCUT2D eigenvalue weighted by molar-refractivity contribution is -0.139. The molecule has 0 aliphatic carbocycles. The lowest BCUT2D eigenvalue weighted by Crippen LogP contribution is -2.49. The van der Waals surface area contributed by atoms with Gasteiger partial charge in [-0.15, -0.1) is 0 Å². The van der Waals surface area contributed by atoms with E-state index in [0.717, 1.165) is 16.5 Å². The lowest BCUT2D eigenvalue weighted by atomic mass is 10.1. The van der Waals surface area contributed by atoms with Crippen molar-refractivity contribution in [2.75, 3.05) is 26.4 Å². The average molecular weight is 302 g/mol. The molecular weight excluding hydrogens is 280 g/mol. The Bertz CT molecular complexity index is 663. The molecule has 1 amide bonds. The number of hydrogen-bond donors (Lipinski definition) is 2. The Kier molecular flexibility index (Phi) is 4.45. The number of aliphatic hydroxyl groups is 1. The number of H-pyrrole nitrogens is 1. The summed E-state index contributed by atoms with van der Waals surface area (Å²) in [5, 5.41) is 10.3. The first-order chi connectivity index (χ1) is 10.7. The molecule has 5 nitrogen and oxygen atoms in total.